The minimum atomic E-state index is -0.214. The third kappa shape index (κ3) is 3.84. The monoisotopic (exact) mass is 337 g/mol. The van der Waals surface area contributed by atoms with Crippen LogP contribution in [0, 0.1) is 11.7 Å². The van der Waals surface area contributed by atoms with Gasteiger partial charge in [-0.1, -0.05) is 54.1 Å². The highest BCUT2D eigenvalue weighted by atomic mass is 32.2. The number of nitrogens with one attached hydrogen (secondary N) is 1. The fourth-order valence-corrected chi connectivity index (χ4v) is 4.21. The summed E-state index contributed by atoms with van der Waals surface area (Å²) in [5, 5.41) is 11.4. The smallest absolute Gasteiger partial charge is 0.229 e. The van der Waals surface area contributed by atoms with Crippen molar-refractivity contribution in [3.63, 3.8) is 0 Å². The van der Waals surface area contributed by atoms with Gasteiger partial charge in [-0.3, -0.25) is 4.79 Å². The number of carbonyl (C=O) groups excluding carboxylic acids is 1. The third-order valence-electron chi connectivity index (χ3n) is 3.67. The van der Waals surface area contributed by atoms with Gasteiger partial charge in [-0.15, -0.1) is 10.2 Å². The van der Waals surface area contributed by atoms with Crippen LogP contribution in [-0.2, 0) is 10.5 Å². The number of benzene rings is 1. The van der Waals surface area contributed by atoms with Gasteiger partial charge in [-0.05, 0) is 24.5 Å². The predicted molar refractivity (Wildman–Crippen MR) is 86.5 cm³/mol. The highest BCUT2D eigenvalue weighted by molar-refractivity contribution is 8.00. The van der Waals surface area contributed by atoms with Crippen LogP contribution in [0.5, 0.6) is 0 Å². The second kappa shape index (κ2) is 7.19. The molecule has 0 atom stereocenters. The van der Waals surface area contributed by atoms with E-state index in [2.05, 4.69) is 15.5 Å². The van der Waals surface area contributed by atoms with E-state index in [0.717, 1.165) is 30.0 Å². The van der Waals surface area contributed by atoms with E-state index >= 15 is 0 Å². The van der Waals surface area contributed by atoms with Crippen LogP contribution in [0.2, 0.25) is 0 Å². The molecule has 0 bridgehead atoms. The first kappa shape index (κ1) is 15.4. The highest BCUT2D eigenvalue weighted by Crippen LogP contribution is 2.30. The molecule has 1 saturated carbocycles. The zero-order chi connectivity index (χ0) is 15.4. The lowest BCUT2D eigenvalue weighted by atomic mass is 10.1. The first-order chi connectivity index (χ1) is 10.7. The minimum absolute atomic E-state index is 0.0410. The van der Waals surface area contributed by atoms with E-state index in [0.29, 0.717) is 16.4 Å². The molecule has 1 amide bonds. The average Bonchev–Trinajstić information content (AvgIpc) is 3.18. The van der Waals surface area contributed by atoms with Crippen LogP contribution in [0.4, 0.5) is 9.52 Å². The summed E-state index contributed by atoms with van der Waals surface area (Å²) < 4.78 is 14.3. The Morgan fingerprint density at radius 3 is 2.86 bits per heavy atom. The van der Waals surface area contributed by atoms with Crippen LogP contribution in [-0.4, -0.2) is 16.1 Å². The Bertz CT molecular complexity index is 656. The van der Waals surface area contributed by atoms with Crippen molar-refractivity contribution in [3.8, 4) is 0 Å². The summed E-state index contributed by atoms with van der Waals surface area (Å²) in [5.74, 6) is 0.435. The Balaban J connectivity index is 1.55. The van der Waals surface area contributed by atoms with Gasteiger partial charge in [0.2, 0.25) is 11.0 Å². The fraction of sp³-hybridized carbons (Fsp3) is 0.400. The van der Waals surface area contributed by atoms with E-state index in [1.54, 1.807) is 12.1 Å². The molecule has 0 radical (unpaired) electrons. The Labute approximate surface area is 136 Å². The van der Waals surface area contributed by atoms with E-state index in [4.69, 9.17) is 0 Å². The summed E-state index contributed by atoms with van der Waals surface area (Å²) in [6.07, 6.45) is 4.16. The lowest BCUT2D eigenvalue weighted by Crippen LogP contribution is -2.20. The van der Waals surface area contributed by atoms with Crippen molar-refractivity contribution in [3.05, 3.63) is 35.6 Å². The van der Waals surface area contributed by atoms with Crippen LogP contribution in [0.1, 0.15) is 31.2 Å². The molecule has 1 fully saturated rings. The SMILES string of the molecule is O=C(Nc1nnc(SCc2ccccc2F)s1)C1CCCC1. The summed E-state index contributed by atoms with van der Waals surface area (Å²) in [7, 11) is 0. The Kier molecular flexibility index (Phi) is 5.04. The molecule has 0 spiro atoms. The molecular weight excluding hydrogens is 321 g/mol. The zero-order valence-electron chi connectivity index (χ0n) is 11.9. The van der Waals surface area contributed by atoms with E-state index in [1.807, 2.05) is 6.07 Å². The molecule has 1 aliphatic rings. The van der Waals surface area contributed by atoms with Crippen LogP contribution in [0.15, 0.2) is 28.6 Å². The number of halogens is 1. The first-order valence-electron chi connectivity index (χ1n) is 7.23. The first-order valence-corrected chi connectivity index (χ1v) is 9.03. The van der Waals surface area contributed by atoms with Crippen LogP contribution in [0.25, 0.3) is 0 Å². The van der Waals surface area contributed by atoms with Gasteiger partial charge >= 0.3 is 0 Å². The molecule has 2 aromatic rings. The van der Waals surface area contributed by atoms with Gasteiger partial charge in [-0.25, -0.2) is 4.39 Å². The Morgan fingerprint density at radius 2 is 2.09 bits per heavy atom. The molecule has 1 aromatic heterocycles. The molecular formula is C15H16FN3OS2. The normalized spacial score (nSPS) is 15.1. The summed E-state index contributed by atoms with van der Waals surface area (Å²) in [6.45, 7) is 0. The van der Waals surface area contributed by atoms with Gasteiger partial charge in [0.15, 0.2) is 4.34 Å². The third-order valence-corrected chi connectivity index (χ3v) is 5.69. The number of aromatic nitrogens is 2. The van der Waals surface area contributed by atoms with Crippen molar-refractivity contribution in [2.24, 2.45) is 5.92 Å². The molecule has 1 N–H and O–H groups in total. The van der Waals surface area contributed by atoms with Crippen LogP contribution >= 0.6 is 23.1 Å². The largest absolute Gasteiger partial charge is 0.300 e. The number of thioether (sulfide) groups is 1. The van der Waals surface area contributed by atoms with E-state index < -0.39 is 0 Å². The topological polar surface area (TPSA) is 54.9 Å². The van der Waals surface area contributed by atoms with Gasteiger partial charge in [0.1, 0.15) is 5.82 Å². The standard InChI is InChI=1S/C15H16FN3OS2/c16-12-8-4-3-7-11(12)9-21-15-19-18-14(22-15)17-13(20)10-5-1-2-6-10/h3-4,7-8,10H,1-2,5-6,9H2,(H,17,18,20). The van der Waals surface area contributed by atoms with Crippen molar-refractivity contribution >= 4 is 34.1 Å². The lowest BCUT2D eigenvalue weighted by molar-refractivity contribution is -0.119. The van der Waals surface area contributed by atoms with E-state index in [9.17, 15) is 9.18 Å². The average molecular weight is 337 g/mol. The molecule has 1 aromatic carbocycles. The van der Waals surface area contributed by atoms with Gasteiger partial charge < -0.3 is 5.32 Å². The predicted octanol–water partition coefficient (Wildman–Crippen LogP) is 4.10. The number of amides is 1. The zero-order valence-corrected chi connectivity index (χ0v) is 13.6. The van der Waals surface area contributed by atoms with Crippen LogP contribution < -0.4 is 5.32 Å². The van der Waals surface area contributed by atoms with Gasteiger partial charge in [0, 0.05) is 11.7 Å². The quantitative estimate of drug-likeness (QED) is 0.659. The molecule has 7 heteroatoms. The number of hydrogen-bond acceptors (Lipinski definition) is 5. The van der Waals surface area contributed by atoms with Crippen molar-refractivity contribution in [2.75, 3.05) is 5.32 Å². The maximum absolute atomic E-state index is 13.5. The Morgan fingerprint density at radius 1 is 1.32 bits per heavy atom. The molecule has 1 aliphatic carbocycles. The molecule has 3 rings (SSSR count). The molecule has 0 unspecified atom stereocenters. The molecule has 1 heterocycles. The van der Waals surface area contributed by atoms with Crippen molar-refractivity contribution < 1.29 is 9.18 Å². The number of carbonyl (C=O) groups is 1. The summed E-state index contributed by atoms with van der Waals surface area (Å²) in [4.78, 5) is 12.0. The second-order valence-electron chi connectivity index (χ2n) is 5.22. The van der Waals surface area contributed by atoms with Gasteiger partial charge in [0.25, 0.3) is 0 Å². The van der Waals surface area contributed by atoms with E-state index in [1.165, 1.54) is 29.2 Å². The maximum Gasteiger partial charge on any atom is 0.229 e. The number of nitrogens with zero attached hydrogens (tertiary/aromatic N) is 2. The van der Waals surface area contributed by atoms with Crippen molar-refractivity contribution in [2.45, 2.75) is 35.8 Å². The second-order valence-corrected chi connectivity index (χ2v) is 7.42. The van der Waals surface area contributed by atoms with Crippen LogP contribution in [0.3, 0.4) is 0 Å². The summed E-state index contributed by atoms with van der Waals surface area (Å²) >= 11 is 2.75. The fourth-order valence-electron chi connectivity index (χ4n) is 2.47. The number of hydrogen-bond donors (Lipinski definition) is 1. The lowest BCUT2D eigenvalue weighted by Gasteiger charge is -2.06. The molecule has 116 valence electrons. The molecule has 0 saturated heterocycles. The number of anilines is 1. The molecule has 4 nitrogen and oxygen atoms in total. The van der Waals surface area contributed by atoms with Crippen molar-refractivity contribution in [1.82, 2.24) is 10.2 Å². The molecule has 22 heavy (non-hydrogen) atoms. The van der Waals surface area contributed by atoms with E-state index in [-0.39, 0.29) is 17.6 Å². The number of rotatable bonds is 5. The summed E-state index contributed by atoms with van der Waals surface area (Å²) in [6, 6.07) is 6.69. The molecule has 0 aliphatic heterocycles. The minimum Gasteiger partial charge on any atom is -0.300 e. The summed E-state index contributed by atoms with van der Waals surface area (Å²) in [5.41, 5.74) is 0.638. The van der Waals surface area contributed by atoms with Crippen molar-refractivity contribution in [1.29, 1.82) is 0 Å². The van der Waals surface area contributed by atoms with Gasteiger partial charge in [-0.2, -0.15) is 0 Å². The van der Waals surface area contributed by atoms with Gasteiger partial charge in [0.05, 0.1) is 0 Å². The Hall–Kier alpha value is -1.47. The maximum atomic E-state index is 13.5. The highest BCUT2D eigenvalue weighted by Gasteiger charge is 2.23.